The van der Waals surface area contributed by atoms with Crippen molar-refractivity contribution in [3.8, 4) is 5.69 Å². The lowest BCUT2D eigenvalue weighted by Gasteiger charge is -2.25. The van der Waals surface area contributed by atoms with Crippen molar-refractivity contribution >= 4 is 11.7 Å². The van der Waals surface area contributed by atoms with Gasteiger partial charge in [0, 0.05) is 19.7 Å². The number of para-hydroxylation sites is 1. The maximum atomic E-state index is 14.0. The SMILES string of the molecule is Cc1c(NC(=O)N(C)C(C)c2ccccc2F)c(=O)n(-c2ccccc2)n1C. The molecule has 0 spiro atoms. The fourth-order valence-electron chi connectivity index (χ4n) is 3.11. The zero-order valence-corrected chi connectivity index (χ0v) is 16.3. The molecule has 6 nitrogen and oxygen atoms in total. The van der Waals surface area contributed by atoms with Gasteiger partial charge in [-0.05, 0) is 32.0 Å². The number of urea groups is 1. The molecule has 146 valence electrons. The molecule has 0 fully saturated rings. The molecular formula is C21H23FN4O2. The summed E-state index contributed by atoms with van der Waals surface area (Å²) in [4.78, 5) is 27.0. The summed E-state index contributed by atoms with van der Waals surface area (Å²) in [6.07, 6.45) is 0. The van der Waals surface area contributed by atoms with Crippen LogP contribution in [-0.4, -0.2) is 27.3 Å². The average molecular weight is 382 g/mol. The first kappa shape index (κ1) is 19.4. The van der Waals surface area contributed by atoms with Crippen molar-refractivity contribution in [2.75, 3.05) is 12.4 Å². The summed E-state index contributed by atoms with van der Waals surface area (Å²) in [5, 5.41) is 2.69. The van der Waals surface area contributed by atoms with Crippen molar-refractivity contribution in [2.24, 2.45) is 7.05 Å². The molecule has 28 heavy (non-hydrogen) atoms. The fraction of sp³-hybridized carbons (Fsp3) is 0.238. The van der Waals surface area contributed by atoms with Crippen LogP contribution < -0.4 is 10.9 Å². The van der Waals surface area contributed by atoms with Gasteiger partial charge in [0.05, 0.1) is 17.4 Å². The van der Waals surface area contributed by atoms with E-state index in [0.717, 1.165) is 0 Å². The Labute approximate surface area is 162 Å². The highest BCUT2D eigenvalue weighted by Gasteiger charge is 2.23. The zero-order chi connectivity index (χ0) is 20.4. The molecule has 1 atom stereocenters. The Balaban J connectivity index is 1.89. The number of hydrogen-bond donors (Lipinski definition) is 1. The number of hydrogen-bond acceptors (Lipinski definition) is 2. The third-order valence-electron chi connectivity index (χ3n) is 5.04. The number of amides is 2. The van der Waals surface area contributed by atoms with Gasteiger partial charge in [0.2, 0.25) is 0 Å². The first-order valence-corrected chi connectivity index (χ1v) is 8.95. The Kier molecular flexibility index (Phi) is 5.35. The first-order chi connectivity index (χ1) is 13.3. The summed E-state index contributed by atoms with van der Waals surface area (Å²) in [7, 11) is 3.32. The molecular weight excluding hydrogens is 359 g/mol. The lowest BCUT2D eigenvalue weighted by Crippen LogP contribution is -2.35. The zero-order valence-electron chi connectivity index (χ0n) is 16.3. The van der Waals surface area contributed by atoms with Crippen LogP contribution in [0.25, 0.3) is 5.69 Å². The number of nitrogens with zero attached hydrogens (tertiary/aromatic N) is 3. The van der Waals surface area contributed by atoms with Crippen LogP contribution in [0.5, 0.6) is 0 Å². The molecule has 1 aromatic heterocycles. The molecule has 3 aromatic rings. The van der Waals surface area contributed by atoms with Crippen molar-refractivity contribution in [1.29, 1.82) is 0 Å². The van der Waals surface area contributed by atoms with Crippen LogP contribution >= 0.6 is 0 Å². The minimum Gasteiger partial charge on any atom is -0.321 e. The van der Waals surface area contributed by atoms with Gasteiger partial charge < -0.3 is 10.2 Å². The predicted octanol–water partition coefficient (Wildman–Crippen LogP) is 3.85. The Morgan fingerprint density at radius 2 is 1.71 bits per heavy atom. The lowest BCUT2D eigenvalue weighted by molar-refractivity contribution is 0.207. The Bertz CT molecular complexity index is 1060. The maximum Gasteiger partial charge on any atom is 0.322 e. The van der Waals surface area contributed by atoms with E-state index in [4.69, 9.17) is 0 Å². The molecule has 1 unspecified atom stereocenters. The fourth-order valence-corrected chi connectivity index (χ4v) is 3.11. The second-order valence-electron chi connectivity index (χ2n) is 6.68. The highest BCUT2D eigenvalue weighted by molar-refractivity contribution is 5.90. The molecule has 7 heteroatoms. The van der Waals surface area contributed by atoms with Crippen LogP contribution in [0.3, 0.4) is 0 Å². The van der Waals surface area contributed by atoms with Crippen molar-refractivity contribution in [2.45, 2.75) is 19.9 Å². The maximum absolute atomic E-state index is 14.0. The molecule has 3 rings (SSSR count). The smallest absolute Gasteiger partial charge is 0.321 e. The molecule has 1 heterocycles. The molecule has 0 saturated carbocycles. The summed E-state index contributed by atoms with van der Waals surface area (Å²) in [6, 6.07) is 14.5. The summed E-state index contributed by atoms with van der Waals surface area (Å²) in [6.45, 7) is 3.49. The second kappa shape index (κ2) is 7.72. The van der Waals surface area contributed by atoms with Crippen molar-refractivity contribution in [3.05, 3.63) is 82.0 Å². The van der Waals surface area contributed by atoms with Crippen LogP contribution in [0.4, 0.5) is 14.9 Å². The standard InChI is InChI=1S/C21H23FN4O2/c1-14(17-12-8-9-13-18(17)22)24(3)21(28)23-19-15(2)25(4)26(20(19)27)16-10-6-5-7-11-16/h5-14H,1-4H3,(H,23,28). The van der Waals surface area contributed by atoms with Crippen molar-refractivity contribution in [1.82, 2.24) is 14.3 Å². The summed E-state index contributed by atoms with van der Waals surface area (Å²) in [5.74, 6) is -0.378. The number of carbonyl (C=O) groups is 1. The number of halogens is 1. The van der Waals surface area contributed by atoms with E-state index in [2.05, 4.69) is 5.32 Å². The molecule has 0 aliphatic heterocycles. The Morgan fingerprint density at radius 3 is 2.36 bits per heavy atom. The van der Waals surface area contributed by atoms with E-state index in [1.807, 2.05) is 30.3 Å². The summed E-state index contributed by atoms with van der Waals surface area (Å²) in [5.41, 5.74) is 1.60. The van der Waals surface area contributed by atoms with Crippen LogP contribution in [-0.2, 0) is 7.05 Å². The molecule has 0 saturated heterocycles. The van der Waals surface area contributed by atoms with Crippen LogP contribution in [0, 0.1) is 12.7 Å². The van der Waals surface area contributed by atoms with Gasteiger partial charge >= 0.3 is 6.03 Å². The Hall–Kier alpha value is -3.35. The highest BCUT2D eigenvalue weighted by atomic mass is 19.1. The van der Waals surface area contributed by atoms with E-state index in [-0.39, 0.29) is 17.1 Å². The minimum atomic E-state index is -0.499. The number of nitrogens with one attached hydrogen (secondary N) is 1. The predicted molar refractivity (Wildman–Crippen MR) is 107 cm³/mol. The normalized spacial score (nSPS) is 11.9. The van der Waals surface area contributed by atoms with E-state index >= 15 is 0 Å². The van der Waals surface area contributed by atoms with Gasteiger partial charge in [-0.1, -0.05) is 36.4 Å². The minimum absolute atomic E-state index is 0.198. The van der Waals surface area contributed by atoms with Gasteiger partial charge in [-0.3, -0.25) is 9.48 Å². The quantitative estimate of drug-likeness (QED) is 0.745. The van der Waals surface area contributed by atoms with Gasteiger partial charge in [-0.15, -0.1) is 0 Å². The van der Waals surface area contributed by atoms with Crippen LogP contribution in [0.2, 0.25) is 0 Å². The third-order valence-corrected chi connectivity index (χ3v) is 5.04. The first-order valence-electron chi connectivity index (χ1n) is 8.95. The monoisotopic (exact) mass is 382 g/mol. The van der Waals surface area contributed by atoms with Crippen molar-refractivity contribution < 1.29 is 9.18 Å². The van der Waals surface area contributed by atoms with Gasteiger partial charge in [-0.2, -0.15) is 0 Å². The molecule has 0 radical (unpaired) electrons. The molecule has 0 aliphatic carbocycles. The third kappa shape index (κ3) is 3.43. The molecule has 2 aromatic carbocycles. The molecule has 2 amide bonds. The number of rotatable bonds is 4. The van der Waals surface area contributed by atoms with Crippen LogP contribution in [0.1, 0.15) is 24.2 Å². The molecule has 1 N–H and O–H groups in total. The van der Waals surface area contributed by atoms with E-state index in [0.29, 0.717) is 16.9 Å². The highest BCUT2D eigenvalue weighted by Crippen LogP contribution is 2.22. The second-order valence-corrected chi connectivity index (χ2v) is 6.68. The largest absolute Gasteiger partial charge is 0.322 e. The molecule has 0 bridgehead atoms. The van der Waals surface area contributed by atoms with E-state index in [9.17, 15) is 14.0 Å². The van der Waals surface area contributed by atoms with Gasteiger partial charge in [0.15, 0.2) is 0 Å². The van der Waals surface area contributed by atoms with Crippen LogP contribution in [0.15, 0.2) is 59.4 Å². The molecule has 0 aliphatic rings. The van der Waals surface area contributed by atoms with Gasteiger partial charge in [0.1, 0.15) is 11.5 Å². The Morgan fingerprint density at radius 1 is 1.11 bits per heavy atom. The average Bonchev–Trinajstić information content (AvgIpc) is 2.91. The van der Waals surface area contributed by atoms with Crippen molar-refractivity contribution in [3.63, 3.8) is 0 Å². The number of carbonyl (C=O) groups excluding carboxylic acids is 1. The van der Waals surface area contributed by atoms with E-state index < -0.39 is 12.1 Å². The van der Waals surface area contributed by atoms with Gasteiger partial charge in [-0.25, -0.2) is 13.9 Å². The number of aromatic nitrogens is 2. The number of benzene rings is 2. The van der Waals surface area contributed by atoms with Gasteiger partial charge in [0.25, 0.3) is 5.56 Å². The van der Waals surface area contributed by atoms with E-state index in [1.165, 1.54) is 15.6 Å². The summed E-state index contributed by atoms with van der Waals surface area (Å²) < 4.78 is 17.2. The number of anilines is 1. The topological polar surface area (TPSA) is 59.3 Å². The summed E-state index contributed by atoms with van der Waals surface area (Å²) >= 11 is 0. The van der Waals surface area contributed by atoms with E-state index in [1.54, 1.807) is 50.8 Å². The lowest BCUT2D eigenvalue weighted by atomic mass is 10.1.